The number of benzene rings is 2. The van der Waals surface area contributed by atoms with Crippen molar-refractivity contribution in [1.82, 2.24) is 29.5 Å². The lowest BCUT2D eigenvalue weighted by Crippen LogP contribution is -2.51. The summed E-state index contributed by atoms with van der Waals surface area (Å²) in [5.74, 6) is 0.574. The molecule has 8 nitrogen and oxygen atoms in total. The van der Waals surface area contributed by atoms with Gasteiger partial charge in [0.25, 0.3) is 5.91 Å². The molecular formula is C32H40N6O2. The summed E-state index contributed by atoms with van der Waals surface area (Å²) >= 11 is 0. The van der Waals surface area contributed by atoms with Crippen molar-refractivity contribution >= 4 is 5.91 Å². The highest BCUT2D eigenvalue weighted by atomic mass is 16.3. The van der Waals surface area contributed by atoms with E-state index in [1.165, 1.54) is 0 Å². The molecule has 1 amide bonds. The fourth-order valence-corrected chi connectivity index (χ4v) is 5.57. The van der Waals surface area contributed by atoms with Crippen LogP contribution in [0.4, 0.5) is 0 Å². The Balaban J connectivity index is 1.66. The van der Waals surface area contributed by atoms with Crippen LogP contribution in [0.1, 0.15) is 60.8 Å². The molecule has 1 aliphatic heterocycles. The highest BCUT2D eigenvalue weighted by molar-refractivity contribution is 5.93. The SMILES string of the molecule is Cc1cc(C(=O)N(C[C@]2(O)CCNC2)[C@@H](c2nc(-c3ccccc3)cn2Cc2ccccc2)C(C)(C)C)nn1C. The summed E-state index contributed by atoms with van der Waals surface area (Å²) in [5.41, 5.74) is 2.83. The summed E-state index contributed by atoms with van der Waals surface area (Å²) in [7, 11) is 1.84. The van der Waals surface area contributed by atoms with Crippen LogP contribution in [-0.2, 0) is 13.6 Å². The Morgan fingerprint density at radius 1 is 1.12 bits per heavy atom. The van der Waals surface area contributed by atoms with Crippen LogP contribution in [0.3, 0.4) is 0 Å². The maximum Gasteiger partial charge on any atom is 0.275 e. The van der Waals surface area contributed by atoms with E-state index < -0.39 is 17.1 Å². The van der Waals surface area contributed by atoms with Crippen LogP contribution in [0.2, 0.25) is 0 Å². The maximum absolute atomic E-state index is 14.3. The molecular weight excluding hydrogens is 500 g/mol. The first-order chi connectivity index (χ1) is 19.0. The lowest BCUT2D eigenvalue weighted by atomic mass is 9.83. The standard InChI is InChI=1S/C32H40N6O2/c1-23-18-26(35-36(23)5)30(39)38(22-32(40)16-17-33-21-32)28(31(2,3)4)29-34-27(25-14-10-7-11-15-25)20-37(29)19-24-12-8-6-9-13-24/h6-15,18,20,28,33,40H,16-17,19,21-22H2,1-5H3/t28-,32-/m0/s1. The van der Waals surface area contributed by atoms with E-state index in [0.29, 0.717) is 31.7 Å². The summed E-state index contributed by atoms with van der Waals surface area (Å²) in [5, 5.41) is 19.4. The van der Waals surface area contributed by atoms with Crippen molar-refractivity contribution in [3.8, 4) is 11.3 Å². The molecule has 0 bridgehead atoms. The average molecular weight is 541 g/mol. The molecule has 40 heavy (non-hydrogen) atoms. The van der Waals surface area contributed by atoms with Gasteiger partial charge in [0.2, 0.25) is 0 Å². The van der Waals surface area contributed by atoms with E-state index in [9.17, 15) is 9.90 Å². The number of aromatic nitrogens is 4. The fraction of sp³-hybridized carbons (Fsp3) is 0.406. The summed E-state index contributed by atoms with van der Waals surface area (Å²) in [6.45, 7) is 10.2. The van der Waals surface area contributed by atoms with Gasteiger partial charge in [-0.05, 0) is 36.9 Å². The quantitative estimate of drug-likeness (QED) is 0.341. The van der Waals surface area contributed by atoms with Crippen molar-refractivity contribution in [3.05, 3.63) is 95.7 Å². The first-order valence-electron chi connectivity index (χ1n) is 14.0. The van der Waals surface area contributed by atoms with E-state index in [1.54, 1.807) is 4.68 Å². The molecule has 0 spiro atoms. The number of hydrogen-bond donors (Lipinski definition) is 2. The summed E-state index contributed by atoms with van der Waals surface area (Å²) in [6.07, 6.45) is 2.65. The Morgan fingerprint density at radius 2 is 1.80 bits per heavy atom. The number of nitrogens with zero attached hydrogens (tertiary/aromatic N) is 5. The third-order valence-corrected chi connectivity index (χ3v) is 7.73. The van der Waals surface area contributed by atoms with Crippen LogP contribution in [0, 0.1) is 12.3 Å². The van der Waals surface area contributed by atoms with Gasteiger partial charge in [0.05, 0.1) is 23.9 Å². The van der Waals surface area contributed by atoms with E-state index in [0.717, 1.165) is 28.3 Å². The van der Waals surface area contributed by atoms with E-state index >= 15 is 0 Å². The molecule has 4 aromatic rings. The van der Waals surface area contributed by atoms with Gasteiger partial charge >= 0.3 is 0 Å². The molecule has 0 unspecified atom stereocenters. The van der Waals surface area contributed by atoms with Crippen molar-refractivity contribution in [2.45, 2.75) is 52.3 Å². The van der Waals surface area contributed by atoms with Crippen LogP contribution < -0.4 is 5.32 Å². The first-order valence-corrected chi connectivity index (χ1v) is 14.0. The van der Waals surface area contributed by atoms with Gasteiger partial charge in [-0.25, -0.2) is 4.98 Å². The van der Waals surface area contributed by atoms with Crippen molar-refractivity contribution in [3.63, 3.8) is 0 Å². The fourth-order valence-electron chi connectivity index (χ4n) is 5.57. The molecule has 3 heterocycles. The van der Waals surface area contributed by atoms with Gasteiger partial charge in [0, 0.05) is 37.6 Å². The monoisotopic (exact) mass is 540 g/mol. The van der Waals surface area contributed by atoms with Gasteiger partial charge < -0.3 is 19.9 Å². The molecule has 8 heteroatoms. The van der Waals surface area contributed by atoms with E-state index in [4.69, 9.17) is 4.98 Å². The minimum absolute atomic E-state index is 0.176. The summed E-state index contributed by atoms with van der Waals surface area (Å²) in [4.78, 5) is 21.3. The Hall–Kier alpha value is -3.75. The molecule has 1 fully saturated rings. The lowest BCUT2D eigenvalue weighted by molar-refractivity contribution is -0.0105. The van der Waals surface area contributed by atoms with Crippen molar-refractivity contribution in [1.29, 1.82) is 0 Å². The predicted molar refractivity (Wildman–Crippen MR) is 157 cm³/mol. The first kappa shape index (κ1) is 27.8. The molecule has 0 radical (unpaired) electrons. The highest BCUT2D eigenvalue weighted by Gasteiger charge is 2.44. The molecule has 2 aromatic heterocycles. The van der Waals surface area contributed by atoms with Crippen LogP contribution >= 0.6 is 0 Å². The number of imidazole rings is 1. The zero-order chi connectivity index (χ0) is 28.5. The number of aliphatic hydroxyl groups is 1. The highest BCUT2D eigenvalue weighted by Crippen LogP contribution is 2.41. The zero-order valence-electron chi connectivity index (χ0n) is 24.1. The number of aryl methyl sites for hydroxylation is 2. The lowest BCUT2D eigenvalue weighted by Gasteiger charge is -2.42. The number of hydrogen-bond acceptors (Lipinski definition) is 5. The third kappa shape index (κ3) is 5.88. The normalized spacial score (nSPS) is 18.1. The molecule has 0 aliphatic carbocycles. The topological polar surface area (TPSA) is 88.2 Å². The van der Waals surface area contributed by atoms with Crippen LogP contribution in [0.25, 0.3) is 11.3 Å². The Morgan fingerprint density at radius 3 is 2.38 bits per heavy atom. The van der Waals surface area contributed by atoms with Crippen LogP contribution in [-0.4, -0.2) is 60.5 Å². The molecule has 0 saturated carbocycles. The minimum atomic E-state index is -1.04. The molecule has 2 N–H and O–H groups in total. The van der Waals surface area contributed by atoms with Crippen LogP contribution in [0.5, 0.6) is 0 Å². The molecule has 210 valence electrons. The van der Waals surface area contributed by atoms with Crippen molar-refractivity contribution in [2.24, 2.45) is 12.5 Å². The molecule has 1 aliphatic rings. The molecule has 1 saturated heterocycles. The third-order valence-electron chi connectivity index (χ3n) is 7.73. The number of carbonyl (C=O) groups excluding carboxylic acids is 1. The summed E-state index contributed by atoms with van der Waals surface area (Å²) in [6, 6.07) is 21.8. The Kier molecular flexibility index (Phi) is 7.66. The number of rotatable bonds is 8. The van der Waals surface area contributed by atoms with Gasteiger partial charge in [0.15, 0.2) is 5.69 Å². The number of β-amino-alcohol motifs (C(OH)–C–C–N with tert-alkyl or cyclic N) is 1. The zero-order valence-corrected chi connectivity index (χ0v) is 24.1. The van der Waals surface area contributed by atoms with Crippen LogP contribution in [0.15, 0.2) is 72.9 Å². The summed E-state index contributed by atoms with van der Waals surface area (Å²) < 4.78 is 3.88. The minimum Gasteiger partial charge on any atom is -0.387 e. The second-order valence-corrected chi connectivity index (χ2v) is 12.1. The molecule has 5 rings (SSSR count). The van der Waals surface area contributed by atoms with Crippen molar-refractivity contribution < 1.29 is 9.90 Å². The van der Waals surface area contributed by atoms with E-state index in [1.807, 2.05) is 61.3 Å². The van der Waals surface area contributed by atoms with Gasteiger partial charge in [0.1, 0.15) is 5.82 Å². The maximum atomic E-state index is 14.3. The van der Waals surface area contributed by atoms with Crippen molar-refractivity contribution in [2.75, 3.05) is 19.6 Å². The second-order valence-electron chi connectivity index (χ2n) is 12.1. The van der Waals surface area contributed by atoms with Gasteiger partial charge in [-0.1, -0.05) is 81.4 Å². The second kappa shape index (κ2) is 11.0. The Bertz CT molecular complexity index is 1430. The number of carbonyl (C=O) groups is 1. The molecule has 2 aromatic carbocycles. The van der Waals surface area contributed by atoms with Gasteiger partial charge in [-0.2, -0.15) is 5.10 Å². The smallest absolute Gasteiger partial charge is 0.275 e. The van der Waals surface area contributed by atoms with Gasteiger partial charge in [-0.3, -0.25) is 9.48 Å². The average Bonchev–Trinajstić information content (AvgIpc) is 3.63. The predicted octanol–water partition coefficient (Wildman–Crippen LogP) is 4.59. The largest absolute Gasteiger partial charge is 0.387 e. The van der Waals surface area contributed by atoms with E-state index in [-0.39, 0.29) is 12.5 Å². The Labute approximate surface area is 236 Å². The number of nitrogens with one attached hydrogen (secondary N) is 1. The van der Waals surface area contributed by atoms with Gasteiger partial charge in [-0.15, -0.1) is 0 Å². The van der Waals surface area contributed by atoms with E-state index in [2.05, 4.69) is 66.2 Å². The molecule has 2 atom stereocenters. The number of amides is 1.